The van der Waals surface area contributed by atoms with Crippen molar-refractivity contribution in [3.63, 3.8) is 0 Å². The fourth-order valence-corrected chi connectivity index (χ4v) is 4.37. The van der Waals surface area contributed by atoms with E-state index in [0.29, 0.717) is 12.5 Å². The number of halogens is 1. The van der Waals surface area contributed by atoms with Crippen molar-refractivity contribution in [3.05, 3.63) is 24.4 Å². The Hall–Kier alpha value is -1.14. The van der Waals surface area contributed by atoms with E-state index in [0.717, 1.165) is 57.3 Å². The zero-order chi connectivity index (χ0) is 19.8. The zero-order valence-corrected chi connectivity index (χ0v) is 20.2. The third kappa shape index (κ3) is 7.56. The van der Waals surface area contributed by atoms with Crippen molar-refractivity contribution in [3.8, 4) is 0 Å². The topological polar surface area (TPSA) is 89.9 Å². The Bertz CT molecular complexity index is 734. The van der Waals surface area contributed by atoms with Crippen LogP contribution in [0.5, 0.6) is 0 Å². The van der Waals surface area contributed by atoms with Crippen molar-refractivity contribution in [1.29, 1.82) is 0 Å². The summed E-state index contributed by atoms with van der Waals surface area (Å²) in [7, 11) is -3.26. The molecule has 2 N–H and O–H groups in total. The molecule has 2 heterocycles. The number of anilines is 1. The van der Waals surface area contributed by atoms with Gasteiger partial charge in [0.05, 0.1) is 12.3 Å². The number of rotatable bonds is 8. The molecule has 1 saturated carbocycles. The van der Waals surface area contributed by atoms with Crippen LogP contribution < -0.4 is 14.9 Å². The van der Waals surface area contributed by atoms with Crippen molar-refractivity contribution < 1.29 is 8.42 Å². The van der Waals surface area contributed by atoms with Crippen molar-refractivity contribution in [1.82, 2.24) is 19.9 Å². The number of pyridine rings is 1. The number of nitrogens with one attached hydrogen (secondary N) is 2. The molecule has 2 fully saturated rings. The van der Waals surface area contributed by atoms with Gasteiger partial charge in [0, 0.05) is 45.5 Å². The standard InChI is InChI=1S/C19H32N6O2S.HI/c1-2-20-19(22-10-15-28(26,27)23-16-17-6-5-7-17)25-13-11-24(12-14-25)18-8-3-4-9-21-18;/h3-4,8-9,17,23H,2,5-7,10-16H2,1H3,(H,20,22);1H. The molecule has 1 aromatic heterocycles. The lowest BCUT2D eigenvalue weighted by Crippen LogP contribution is -2.52. The van der Waals surface area contributed by atoms with Gasteiger partial charge in [-0.05, 0) is 37.8 Å². The lowest BCUT2D eigenvalue weighted by Gasteiger charge is -2.37. The Morgan fingerprint density at radius 2 is 2.00 bits per heavy atom. The summed E-state index contributed by atoms with van der Waals surface area (Å²) in [6.45, 7) is 7.00. The second kappa shape index (κ2) is 11.9. The van der Waals surface area contributed by atoms with E-state index in [2.05, 4.69) is 29.8 Å². The third-order valence-electron chi connectivity index (χ3n) is 5.33. The first-order valence-electron chi connectivity index (χ1n) is 10.2. The summed E-state index contributed by atoms with van der Waals surface area (Å²) in [6.07, 6.45) is 5.30. The van der Waals surface area contributed by atoms with Gasteiger partial charge >= 0.3 is 0 Å². The predicted molar refractivity (Wildman–Crippen MR) is 129 cm³/mol. The van der Waals surface area contributed by atoms with Gasteiger partial charge in [-0.1, -0.05) is 12.5 Å². The zero-order valence-electron chi connectivity index (χ0n) is 17.1. The summed E-state index contributed by atoms with van der Waals surface area (Å²) in [6, 6.07) is 5.95. The summed E-state index contributed by atoms with van der Waals surface area (Å²) in [5, 5.41) is 3.29. The molecule has 8 nitrogen and oxygen atoms in total. The molecule has 0 amide bonds. The monoisotopic (exact) mass is 536 g/mol. The number of aliphatic imine (C=N–C) groups is 1. The normalized spacial score (nSPS) is 18.2. The van der Waals surface area contributed by atoms with Crippen LogP contribution in [0.1, 0.15) is 26.2 Å². The minimum absolute atomic E-state index is 0. The Labute approximate surface area is 191 Å². The third-order valence-corrected chi connectivity index (χ3v) is 6.65. The molecule has 0 unspecified atom stereocenters. The SMILES string of the molecule is CCNC(=NCCS(=O)(=O)NCC1CCC1)N1CCN(c2ccccn2)CC1.I. The molecule has 164 valence electrons. The van der Waals surface area contributed by atoms with E-state index in [1.54, 1.807) is 0 Å². The molecule has 29 heavy (non-hydrogen) atoms. The van der Waals surface area contributed by atoms with Gasteiger partial charge in [0.2, 0.25) is 10.0 Å². The highest BCUT2D eigenvalue weighted by Gasteiger charge is 2.22. The number of hydrogen-bond acceptors (Lipinski definition) is 5. The number of aromatic nitrogens is 1. The maximum absolute atomic E-state index is 12.2. The van der Waals surface area contributed by atoms with Crippen molar-refractivity contribution in [2.24, 2.45) is 10.9 Å². The summed E-state index contributed by atoms with van der Waals surface area (Å²) in [4.78, 5) is 13.4. The number of guanidine groups is 1. The number of sulfonamides is 1. The Morgan fingerprint density at radius 1 is 1.24 bits per heavy atom. The molecule has 10 heteroatoms. The van der Waals surface area contributed by atoms with Crippen LogP contribution in [0.25, 0.3) is 0 Å². The molecule has 0 bridgehead atoms. The number of nitrogens with zero attached hydrogens (tertiary/aromatic N) is 4. The van der Waals surface area contributed by atoms with E-state index >= 15 is 0 Å². The summed E-state index contributed by atoms with van der Waals surface area (Å²) in [5.74, 6) is 2.33. The van der Waals surface area contributed by atoms with Crippen LogP contribution in [0, 0.1) is 5.92 Å². The van der Waals surface area contributed by atoms with E-state index in [-0.39, 0.29) is 36.3 Å². The molecule has 2 aliphatic rings. The fraction of sp³-hybridized carbons (Fsp3) is 0.684. The van der Waals surface area contributed by atoms with Crippen LogP contribution in [0.2, 0.25) is 0 Å². The van der Waals surface area contributed by atoms with Gasteiger partial charge in [0.25, 0.3) is 0 Å². The second-order valence-corrected chi connectivity index (χ2v) is 9.29. The fourth-order valence-electron chi connectivity index (χ4n) is 3.40. The number of piperazine rings is 1. The van der Waals surface area contributed by atoms with Crippen LogP contribution in [0.15, 0.2) is 29.4 Å². The molecule has 1 aromatic rings. The van der Waals surface area contributed by atoms with Gasteiger partial charge in [0.1, 0.15) is 5.82 Å². The average Bonchev–Trinajstić information content (AvgIpc) is 2.67. The summed E-state index contributed by atoms with van der Waals surface area (Å²) >= 11 is 0. The van der Waals surface area contributed by atoms with E-state index < -0.39 is 10.0 Å². The molecular weight excluding hydrogens is 503 g/mol. The van der Waals surface area contributed by atoms with Crippen molar-refractivity contribution >= 4 is 45.8 Å². The maximum atomic E-state index is 12.2. The predicted octanol–water partition coefficient (Wildman–Crippen LogP) is 1.51. The Kier molecular flexibility index (Phi) is 9.90. The molecule has 0 radical (unpaired) electrons. The molecule has 0 spiro atoms. The minimum Gasteiger partial charge on any atom is -0.357 e. The molecule has 0 aromatic carbocycles. The van der Waals surface area contributed by atoms with Gasteiger partial charge in [0.15, 0.2) is 5.96 Å². The lowest BCUT2D eigenvalue weighted by atomic mass is 9.86. The molecule has 0 atom stereocenters. The van der Waals surface area contributed by atoms with E-state index in [1.807, 2.05) is 31.3 Å². The van der Waals surface area contributed by atoms with Gasteiger partial charge < -0.3 is 15.1 Å². The first-order valence-corrected chi connectivity index (χ1v) is 11.9. The molecule has 1 aliphatic heterocycles. The highest BCUT2D eigenvalue weighted by Crippen LogP contribution is 2.25. The van der Waals surface area contributed by atoms with Crippen LogP contribution in [0.4, 0.5) is 5.82 Å². The van der Waals surface area contributed by atoms with E-state index in [1.165, 1.54) is 6.42 Å². The van der Waals surface area contributed by atoms with Gasteiger partial charge in [-0.2, -0.15) is 0 Å². The van der Waals surface area contributed by atoms with Crippen LogP contribution in [0.3, 0.4) is 0 Å². The van der Waals surface area contributed by atoms with Crippen LogP contribution in [-0.2, 0) is 10.0 Å². The first-order chi connectivity index (χ1) is 13.6. The highest BCUT2D eigenvalue weighted by atomic mass is 127. The van der Waals surface area contributed by atoms with Crippen LogP contribution in [-0.4, -0.2) is 75.8 Å². The van der Waals surface area contributed by atoms with Gasteiger partial charge in [-0.25, -0.2) is 18.1 Å². The van der Waals surface area contributed by atoms with Crippen LogP contribution >= 0.6 is 24.0 Å². The van der Waals surface area contributed by atoms with E-state index in [9.17, 15) is 8.42 Å². The highest BCUT2D eigenvalue weighted by molar-refractivity contribution is 14.0. The smallest absolute Gasteiger partial charge is 0.213 e. The minimum atomic E-state index is -3.26. The molecular formula is C19H33IN6O2S. The summed E-state index contributed by atoms with van der Waals surface area (Å²) < 4.78 is 27.1. The quantitative estimate of drug-likeness (QED) is 0.298. The Morgan fingerprint density at radius 3 is 2.59 bits per heavy atom. The van der Waals surface area contributed by atoms with E-state index in [4.69, 9.17) is 0 Å². The average molecular weight is 536 g/mol. The first kappa shape index (κ1) is 24.1. The number of hydrogen-bond donors (Lipinski definition) is 2. The van der Waals surface area contributed by atoms with Crippen molar-refractivity contribution in [2.75, 3.05) is 56.5 Å². The van der Waals surface area contributed by atoms with Gasteiger partial charge in [-0.3, -0.25) is 4.99 Å². The maximum Gasteiger partial charge on any atom is 0.213 e. The molecule has 1 saturated heterocycles. The lowest BCUT2D eigenvalue weighted by molar-refractivity contribution is 0.316. The second-order valence-electron chi connectivity index (χ2n) is 7.36. The van der Waals surface area contributed by atoms with Crippen molar-refractivity contribution in [2.45, 2.75) is 26.2 Å². The molecule has 1 aliphatic carbocycles. The largest absolute Gasteiger partial charge is 0.357 e. The Balaban J connectivity index is 0.00000300. The van der Waals surface area contributed by atoms with Gasteiger partial charge in [-0.15, -0.1) is 24.0 Å². The molecule has 3 rings (SSSR count). The summed E-state index contributed by atoms with van der Waals surface area (Å²) in [5.41, 5.74) is 0.